The van der Waals surface area contributed by atoms with Gasteiger partial charge in [-0.3, -0.25) is 4.90 Å². The van der Waals surface area contributed by atoms with Gasteiger partial charge in [0.05, 0.1) is 18.7 Å². The van der Waals surface area contributed by atoms with Gasteiger partial charge in [0.1, 0.15) is 5.75 Å². The molecule has 4 nitrogen and oxygen atoms in total. The second-order valence-corrected chi connectivity index (χ2v) is 5.85. The lowest BCUT2D eigenvalue weighted by atomic mass is 9.90. The van der Waals surface area contributed by atoms with E-state index >= 15 is 0 Å². The predicted octanol–water partition coefficient (Wildman–Crippen LogP) is 2.53. The molecule has 0 atom stereocenters. The highest BCUT2D eigenvalue weighted by atomic mass is 16.5. The number of nitrogens with zero attached hydrogens (tertiary/aromatic N) is 2. The number of methoxy groups -OCH3 is 1. The average Bonchev–Trinajstić information content (AvgIpc) is 2.54. The summed E-state index contributed by atoms with van der Waals surface area (Å²) in [5, 5.41) is 12.4. The van der Waals surface area contributed by atoms with Crippen LogP contribution in [0.4, 0.5) is 0 Å². The second kappa shape index (κ2) is 7.44. The van der Waals surface area contributed by atoms with Crippen molar-refractivity contribution in [2.24, 2.45) is 0 Å². The van der Waals surface area contributed by atoms with Crippen molar-refractivity contribution in [1.29, 1.82) is 5.26 Å². The quantitative estimate of drug-likeness (QED) is 0.904. The third-order valence-electron chi connectivity index (χ3n) is 4.56. The maximum Gasteiger partial charge on any atom is 0.123 e. The van der Waals surface area contributed by atoms with E-state index in [-0.39, 0.29) is 0 Å². The first-order valence-corrected chi connectivity index (χ1v) is 7.62. The first-order valence-electron chi connectivity index (χ1n) is 7.62. The molecular formula is C17H25N3O. The van der Waals surface area contributed by atoms with Crippen molar-refractivity contribution in [3.05, 3.63) is 29.3 Å². The first-order chi connectivity index (χ1) is 10.2. The minimum atomic E-state index is 0.616. The zero-order valence-electron chi connectivity index (χ0n) is 13.2. The third kappa shape index (κ3) is 3.96. The summed E-state index contributed by atoms with van der Waals surface area (Å²) in [6, 6.07) is 9.12. The lowest BCUT2D eigenvalue weighted by Crippen LogP contribution is -2.39. The molecule has 1 aliphatic rings. The number of benzene rings is 1. The molecule has 0 aliphatic heterocycles. The number of nitrogens with one attached hydrogen (secondary N) is 1. The van der Waals surface area contributed by atoms with Crippen molar-refractivity contribution < 1.29 is 4.74 Å². The van der Waals surface area contributed by atoms with Crippen LogP contribution in [0, 0.1) is 11.3 Å². The van der Waals surface area contributed by atoms with Crippen LogP contribution in [-0.4, -0.2) is 38.2 Å². The normalized spacial score (nSPS) is 22.0. The van der Waals surface area contributed by atoms with Crippen molar-refractivity contribution in [3.8, 4) is 11.8 Å². The molecule has 0 saturated heterocycles. The van der Waals surface area contributed by atoms with Crippen molar-refractivity contribution in [2.75, 3.05) is 21.2 Å². The van der Waals surface area contributed by atoms with Gasteiger partial charge in [0.15, 0.2) is 0 Å². The van der Waals surface area contributed by atoms with E-state index in [1.165, 1.54) is 25.7 Å². The number of hydrogen-bond acceptors (Lipinski definition) is 4. The fraction of sp³-hybridized carbons (Fsp3) is 0.588. The molecule has 0 unspecified atom stereocenters. The van der Waals surface area contributed by atoms with E-state index < -0.39 is 0 Å². The molecule has 1 aromatic rings. The summed E-state index contributed by atoms with van der Waals surface area (Å²) in [7, 11) is 5.90. The first kappa shape index (κ1) is 15.8. The van der Waals surface area contributed by atoms with Gasteiger partial charge in [-0.25, -0.2) is 0 Å². The Morgan fingerprint density at radius 1 is 1.33 bits per heavy atom. The van der Waals surface area contributed by atoms with Crippen molar-refractivity contribution >= 4 is 0 Å². The summed E-state index contributed by atoms with van der Waals surface area (Å²) in [5.41, 5.74) is 1.79. The maximum absolute atomic E-state index is 9.05. The van der Waals surface area contributed by atoms with Crippen LogP contribution in [0.25, 0.3) is 0 Å². The molecule has 21 heavy (non-hydrogen) atoms. The van der Waals surface area contributed by atoms with E-state index in [0.717, 1.165) is 17.9 Å². The van der Waals surface area contributed by atoms with Crippen LogP contribution in [0.3, 0.4) is 0 Å². The van der Waals surface area contributed by atoms with Gasteiger partial charge >= 0.3 is 0 Å². The van der Waals surface area contributed by atoms with E-state index in [9.17, 15) is 0 Å². The van der Waals surface area contributed by atoms with Crippen LogP contribution < -0.4 is 10.1 Å². The molecule has 0 bridgehead atoms. The Morgan fingerprint density at radius 3 is 2.62 bits per heavy atom. The molecule has 1 N–H and O–H groups in total. The second-order valence-electron chi connectivity index (χ2n) is 5.85. The molecule has 1 saturated carbocycles. The van der Waals surface area contributed by atoms with Crippen LogP contribution in [0.2, 0.25) is 0 Å². The minimum Gasteiger partial charge on any atom is -0.496 e. The molecule has 0 spiro atoms. The standard InChI is InChI=1S/C17H25N3O/c1-19-15-5-7-16(8-6-15)20(2)12-14-10-13(11-18)4-9-17(14)21-3/h4,9-10,15-16,19H,5-8,12H2,1-3H3. The smallest absolute Gasteiger partial charge is 0.123 e. The number of rotatable bonds is 5. The maximum atomic E-state index is 9.05. The molecule has 2 rings (SSSR count). The van der Waals surface area contributed by atoms with Gasteiger partial charge in [-0.05, 0) is 58.0 Å². The highest BCUT2D eigenvalue weighted by Crippen LogP contribution is 2.26. The number of ether oxygens (including phenoxy) is 1. The SMILES string of the molecule is CNC1CCC(N(C)Cc2cc(C#N)ccc2OC)CC1. The molecule has 0 radical (unpaired) electrons. The Balaban J connectivity index is 2.02. The van der Waals surface area contributed by atoms with E-state index in [4.69, 9.17) is 10.00 Å². The molecule has 0 aromatic heterocycles. The van der Waals surface area contributed by atoms with Gasteiger partial charge < -0.3 is 10.1 Å². The van der Waals surface area contributed by atoms with Gasteiger partial charge in [0, 0.05) is 24.2 Å². The molecule has 0 amide bonds. The largest absolute Gasteiger partial charge is 0.496 e. The van der Waals surface area contributed by atoms with Crippen molar-refractivity contribution in [3.63, 3.8) is 0 Å². The highest BCUT2D eigenvalue weighted by molar-refractivity contribution is 5.42. The molecule has 1 aliphatic carbocycles. The Bertz CT molecular complexity index is 501. The van der Waals surface area contributed by atoms with Gasteiger partial charge in [0.25, 0.3) is 0 Å². The van der Waals surface area contributed by atoms with E-state index in [1.807, 2.05) is 19.2 Å². The number of nitriles is 1. The van der Waals surface area contributed by atoms with E-state index in [1.54, 1.807) is 13.2 Å². The molecular weight excluding hydrogens is 262 g/mol. The topological polar surface area (TPSA) is 48.3 Å². The lowest BCUT2D eigenvalue weighted by molar-refractivity contribution is 0.168. The molecule has 0 heterocycles. The average molecular weight is 287 g/mol. The zero-order valence-corrected chi connectivity index (χ0v) is 13.2. The monoisotopic (exact) mass is 287 g/mol. The molecule has 1 aromatic carbocycles. The van der Waals surface area contributed by atoms with Gasteiger partial charge in [-0.1, -0.05) is 0 Å². The summed E-state index contributed by atoms with van der Waals surface area (Å²) in [6.45, 7) is 0.827. The Kier molecular flexibility index (Phi) is 5.60. The Labute approximate surface area is 127 Å². The zero-order chi connectivity index (χ0) is 15.2. The minimum absolute atomic E-state index is 0.616. The highest BCUT2D eigenvalue weighted by Gasteiger charge is 2.23. The van der Waals surface area contributed by atoms with Crippen LogP contribution in [-0.2, 0) is 6.54 Å². The summed E-state index contributed by atoms with van der Waals surface area (Å²) in [6.07, 6.45) is 4.92. The van der Waals surface area contributed by atoms with Gasteiger partial charge in [-0.2, -0.15) is 5.26 Å². The lowest BCUT2D eigenvalue weighted by Gasteiger charge is -2.34. The molecule has 4 heteroatoms. The molecule has 114 valence electrons. The fourth-order valence-electron chi connectivity index (χ4n) is 3.17. The predicted molar refractivity (Wildman–Crippen MR) is 84.3 cm³/mol. The van der Waals surface area contributed by atoms with E-state index in [2.05, 4.69) is 23.3 Å². The summed E-state index contributed by atoms with van der Waals surface area (Å²) < 4.78 is 5.42. The molecule has 1 fully saturated rings. The van der Waals surface area contributed by atoms with Gasteiger partial charge in [0.2, 0.25) is 0 Å². The van der Waals surface area contributed by atoms with Crippen LogP contribution in [0.1, 0.15) is 36.8 Å². The Hall–Kier alpha value is -1.57. The van der Waals surface area contributed by atoms with E-state index in [0.29, 0.717) is 17.6 Å². The third-order valence-corrected chi connectivity index (χ3v) is 4.56. The summed E-state index contributed by atoms with van der Waals surface area (Å²) in [4.78, 5) is 2.39. The van der Waals surface area contributed by atoms with Crippen LogP contribution >= 0.6 is 0 Å². The van der Waals surface area contributed by atoms with Crippen molar-refractivity contribution in [2.45, 2.75) is 44.3 Å². The van der Waals surface area contributed by atoms with Gasteiger partial charge in [-0.15, -0.1) is 0 Å². The summed E-state index contributed by atoms with van der Waals surface area (Å²) >= 11 is 0. The van der Waals surface area contributed by atoms with Crippen molar-refractivity contribution in [1.82, 2.24) is 10.2 Å². The fourth-order valence-corrected chi connectivity index (χ4v) is 3.17. The van der Waals surface area contributed by atoms with Crippen LogP contribution in [0.15, 0.2) is 18.2 Å². The number of hydrogen-bond donors (Lipinski definition) is 1. The summed E-state index contributed by atoms with van der Waals surface area (Å²) in [5.74, 6) is 0.866. The Morgan fingerprint density at radius 2 is 2.05 bits per heavy atom. The van der Waals surface area contributed by atoms with Crippen LogP contribution in [0.5, 0.6) is 5.75 Å².